The normalized spacial score (nSPS) is 10.2. The van der Waals surface area contributed by atoms with Crippen LogP contribution >= 0.6 is 15.9 Å². The Bertz CT molecular complexity index is 649. The van der Waals surface area contributed by atoms with E-state index in [-0.39, 0.29) is 5.91 Å². The zero-order valence-corrected chi connectivity index (χ0v) is 13.1. The molecule has 1 aromatic carbocycles. The lowest BCUT2D eigenvalue weighted by Gasteiger charge is -2.10. The number of benzene rings is 1. The van der Waals surface area contributed by atoms with Crippen LogP contribution in [0, 0.1) is 5.82 Å². The van der Waals surface area contributed by atoms with Crippen LogP contribution < -0.4 is 10.6 Å². The Morgan fingerprint density at radius 3 is 2.90 bits per heavy atom. The summed E-state index contributed by atoms with van der Waals surface area (Å²) in [5.74, 6) is -0.235. The first-order chi connectivity index (χ1) is 10.1. The maximum atomic E-state index is 13.5. The molecule has 2 rings (SSSR count). The molecule has 0 radical (unpaired) electrons. The van der Waals surface area contributed by atoms with Crippen LogP contribution in [-0.2, 0) is 0 Å². The third kappa shape index (κ3) is 4.01. The second-order valence-electron chi connectivity index (χ2n) is 4.41. The van der Waals surface area contributed by atoms with Gasteiger partial charge in [-0.1, -0.05) is 6.92 Å². The Kier molecular flexibility index (Phi) is 5.27. The number of carbonyl (C=O) groups excluding carboxylic acids is 1. The lowest BCUT2D eigenvalue weighted by molar-refractivity contribution is 0.102. The molecule has 110 valence electrons. The summed E-state index contributed by atoms with van der Waals surface area (Å²) in [7, 11) is 0. The number of nitrogens with one attached hydrogen (secondary N) is 2. The first kappa shape index (κ1) is 15.4. The summed E-state index contributed by atoms with van der Waals surface area (Å²) in [6.07, 6.45) is 2.55. The van der Waals surface area contributed by atoms with Crippen molar-refractivity contribution in [2.24, 2.45) is 0 Å². The highest BCUT2D eigenvalue weighted by Crippen LogP contribution is 2.20. The van der Waals surface area contributed by atoms with Gasteiger partial charge in [0.1, 0.15) is 11.6 Å². The van der Waals surface area contributed by atoms with E-state index in [9.17, 15) is 9.18 Å². The summed E-state index contributed by atoms with van der Waals surface area (Å²) in [5.41, 5.74) is 0.820. The van der Waals surface area contributed by atoms with Crippen molar-refractivity contribution >= 4 is 33.3 Å². The van der Waals surface area contributed by atoms with E-state index in [2.05, 4.69) is 31.5 Å². The molecule has 0 aliphatic carbocycles. The third-order valence-corrected chi connectivity index (χ3v) is 3.42. The van der Waals surface area contributed by atoms with Crippen LogP contribution in [0.25, 0.3) is 0 Å². The third-order valence-electron chi connectivity index (χ3n) is 2.77. The zero-order chi connectivity index (χ0) is 15.2. The number of amides is 1. The molecule has 0 saturated heterocycles. The molecule has 21 heavy (non-hydrogen) atoms. The van der Waals surface area contributed by atoms with Gasteiger partial charge in [0.15, 0.2) is 0 Å². The summed E-state index contributed by atoms with van der Waals surface area (Å²) in [6.45, 7) is 2.75. The molecule has 2 aromatic rings. The van der Waals surface area contributed by atoms with Crippen LogP contribution in [0.15, 0.2) is 41.0 Å². The van der Waals surface area contributed by atoms with Crippen molar-refractivity contribution in [2.75, 3.05) is 17.2 Å². The van der Waals surface area contributed by atoms with E-state index in [1.54, 1.807) is 30.5 Å². The Hall–Kier alpha value is -1.95. The highest BCUT2D eigenvalue weighted by atomic mass is 79.9. The van der Waals surface area contributed by atoms with E-state index in [4.69, 9.17) is 0 Å². The van der Waals surface area contributed by atoms with E-state index in [0.29, 0.717) is 21.5 Å². The van der Waals surface area contributed by atoms with Crippen LogP contribution in [0.5, 0.6) is 0 Å². The average molecular weight is 352 g/mol. The van der Waals surface area contributed by atoms with Gasteiger partial charge in [-0.3, -0.25) is 4.79 Å². The average Bonchev–Trinajstić information content (AvgIpc) is 2.49. The molecule has 0 spiro atoms. The summed E-state index contributed by atoms with van der Waals surface area (Å²) >= 11 is 3.07. The molecule has 4 nitrogen and oxygen atoms in total. The zero-order valence-electron chi connectivity index (χ0n) is 11.5. The van der Waals surface area contributed by atoms with Crippen LogP contribution in [-0.4, -0.2) is 17.4 Å². The Balaban J connectivity index is 2.18. The predicted octanol–water partition coefficient (Wildman–Crippen LogP) is 4.06. The minimum Gasteiger partial charge on any atom is -0.369 e. The fraction of sp³-hybridized carbons (Fsp3) is 0.200. The second kappa shape index (κ2) is 7.17. The maximum Gasteiger partial charge on any atom is 0.259 e. The number of aromatic nitrogens is 1. The second-order valence-corrected chi connectivity index (χ2v) is 5.26. The van der Waals surface area contributed by atoms with E-state index >= 15 is 0 Å². The monoisotopic (exact) mass is 351 g/mol. The van der Waals surface area contributed by atoms with Crippen LogP contribution in [0.2, 0.25) is 0 Å². The van der Waals surface area contributed by atoms with E-state index < -0.39 is 5.82 Å². The smallest absolute Gasteiger partial charge is 0.259 e. The minimum absolute atomic E-state index is 0.330. The molecule has 2 N–H and O–H groups in total. The standard InChI is InChI=1S/C15H15BrFN3O/c1-2-7-18-14-11(4-3-8-19-14)15(21)20-10-5-6-12(16)13(17)9-10/h3-6,8-9H,2,7H2,1H3,(H,18,19)(H,20,21). The number of anilines is 2. The molecule has 6 heteroatoms. The molecule has 0 unspecified atom stereocenters. The van der Waals surface area contributed by atoms with Gasteiger partial charge in [0.2, 0.25) is 0 Å². The molecule has 0 saturated carbocycles. The van der Waals surface area contributed by atoms with Crippen LogP contribution in [0.3, 0.4) is 0 Å². The summed E-state index contributed by atoms with van der Waals surface area (Å²) in [5, 5.41) is 5.76. The largest absolute Gasteiger partial charge is 0.369 e. The molecule has 1 aromatic heterocycles. The summed E-state index contributed by atoms with van der Waals surface area (Å²) in [4.78, 5) is 16.4. The number of carbonyl (C=O) groups is 1. The number of hydrogen-bond acceptors (Lipinski definition) is 3. The van der Waals surface area contributed by atoms with E-state index in [1.807, 2.05) is 6.92 Å². The summed E-state index contributed by atoms with van der Waals surface area (Å²) in [6, 6.07) is 7.80. The molecular weight excluding hydrogens is 337 g/mol. The van der Waals surface area contributed by atoms with Gasteiger partial charge < -0.3 is 10.6 Å². The lowest BCUT2D eigenvalue weighted by atomic mass is 10.2. The van der Waals surface area contributed by atoms with Gasteiger partial charge in [0.25, 0.3) is 5.91 Å². The Morgan fingerprint density at radius 2 is 2.19 bits per heavy atom. The van der Waals surface area contributed by atoms with Gasteiger partial charge in [-0.25, -0.2) is 9.37 Å². The van der Waals surface area contributed by atoms with Gasteiger partial charge in [-0.2, -0.15) is 0 Å². The highest BCUT2D eigenvalue weighted by Gasteiger charge is 2.12. The molecule has 1 heterocycles. The Morgan fingerprint density at radius 1 is 1.38 bits per heavy atom. The number of rotatable bonds is 5. The number of nitrogens with zero attached hydrogens (tertiary/aromatic N) is 1. The molecule has 0 fully saturated rings. The van der Waals surface area contributed by atoms with Gasteiger partial charge in [0, 0.05) is 18.4 Å². The Labute approximate surface area is 130 Å². The molecule has 0 aliphatic rings. The SMILES string of the molecule is CCCNc1ncccc1C(=O)Nc1ccc(Br)c(F)c1. The van der Waals surface area contributed by atoms with Gasteiger partial charge in [-0.15, -0.1) is 0 Å². The van der Waals surface area contributed by atoms with Crippen molar-refractivity contribution in [3.63, 3.8) is 0 Å². The van der Waals surface area contributed by atoms with Crippen molar-refractivity contribution in [3.05, 3.63) is 52.4 Å². The van der Waals surface area contributed by atoms with Gasteiger partial charge in [-0.05, 0) is 52.7 Å². The number of hydrogen-bond donors (Lipinski definition) is 2. The minimum atomic E-state index is -0.427. The quantitative estimate of drug-likeness (QED) is 0.853. The fourth-order valence-electron chi connectivity index (χ4n) is 1.75. The lowest BCUT2D eigenvalue weighted by Crippen LogP contribution is -2.16. The van der Waals surface area contributed by atoms with E-state index in [0.717, 1.165) is 13.0 Å². The maximum absolute atomic E-state index is 13.5. The fourth-order valence-corrected chi connectivity index (χ4v) is 1.99. The van der Waals surface area contributed by atoms with Crippen molar-refractivity contribution in [3.8, 4) is 0 Å². The molecule has 0 aliphatic heterocycles. The predicted molar refractivity (Wildman–Crippen MR) is 85.1 cm³/mol. The molecule has 1 amide bonds. The van der Waals surface area contributed by atoms with Crippen LogP contribution in [0.4, 0.5) is 15.9 Å². The number of pyridine rings is 1. The van der Waals surface area contributed by atoms with Gasteiger partial charge in [0.05, 0.1) is 10.0 Å². The molecule has 0 atom stereocenters. The first-order valence-corrected chi connectivity index (χ1v) is 7.36. The first-order valence-electron chi connectivity index (χ1n) is 6.57. The summed E-state index contributed by atoms with van der Waals surface area (Å²) < 4.78 is 13.8. The van der Waals surface area contributed by atoms with E-state index in [1.165, 1.54) is 6.07 Å². The molecule has 0 bridgehead atoms. The van der Waals surface area contributed by atoms with Gasteiger partial charge >= 0.3 is 0 Å². The highest BCUT2D eigenvalue weighted by molar-refractivity contribution is 9.10. The molecular formula is C15H15BrFN3O. The van der Waals surface area contributed by atoms with Crippen molar-refractivity contribution in [1.29, 1.82) is 0 Å². The van der Waals surface area contributed by atoms with Crippen molar-refractivity contribution in [2.45, 2.75) is 13.3 Å². The number of halogens is 2. The van der Waals surface area contributed by atoms with Crippen molar-refractivity contribution in [1.82, 2.24) is 4.98 Å². The topological polar surface area (TPSA) is 54.0 Å². The van der Waals surface area contributed by atoms with Crippen molar-refractivity contribution < 1.29 is 9.18 Å². The van der Waals surface area contributed by atoms with Crippen LogP contribution in [0.1, 0.15) is 23.7 Å².